The van der Waals surface area contributed by atoms with Gasteiger partial charge in [-0.25, -0.2) is 18.1 Å². The number of sulfonamides is 1. The molecule has 63 heavy (non-hydrogen) atoms. The third-order valence-electron chi connectivity index (χ3n) is 13.3. The summed E-state index contributed by atoms with van der Waals surface area (Å²) in [6.45, 7) is 8.55. The van der Waals surface area contributed by atoms with Gasteiger partial charge in [0.1, 0.15) is 22.8 Å². The summed E-state index contributed by atoms with van der Waals surface area (Å²) in [4.78, 5) is 37.1. The second-order valence-electron chi connectivity index (χ2n) is 18.1. The first-order valence-corrected chi connectivity index (χ1v) is 23.1. The Balaban J connectivity index is 0.934. The number of H-pyrrole nitrogens is 1. The van der Waals surface area contributed by atoms with Crippen LogP contribution in [0.15, 0.2) is 95.7 Å². The van der Waals surface area contributed by atoms with E-state index in [9.17, 15) is 33.5 Å². The molecular formula is C46H50ClN7O8S. The minimum Gasteiger partial charge on any atom is -0.455 e. The summed E-state index contributed by atoms with van der Waals surface area (Å²) in [5, 5.41) is 37.4. The lowest BCUT2D eigenvalue weighted by Gasteiger charge is -2.39. The molecule has 1 aliphatic heterocycles. The number of ether oxygens (including phenoxy) is 1. The molecule has 2 aromatic heterocycles. The summed E-state index contributed by atoms with van der Waals surface area (Å²) in [6, 6.07) is 19.8. The van der Waals surface area contributed by atoms with Crippen LogP contribution in [0.3, 0.4) is 0 Å². The van der Waals surface area contributed by atoms with E-state index in [1.165, 1.54) is 41.1 Å². The van der Waals surface area contributed by atoms with Gasteiger partial charge in [-0.05, 0) is 103 Å². The number of halogens is 1. The van der Waals surface area contributed by atoms with E-state index in [1.807, 2.05) is 18.2 Å². The summed E-state index contributed by atoms with van der Waals surface area (Å²) in [7, 11) is -4.62. The van der Waals surface area contributed by atoms with Gasteiger partial charge in [-0.2, -0.15) is 0 Å². The number of carbonyl (C=O) groups excluding carboxylic acids is 1. The fourth-order valence-electron chi connectivity index (χ4n) is 9.83. The zero-order chi connectivity index (χ0) is 44.2. The van der Waals surface area contributed by atoms with E-state index in [4.69, 9.17) is 16.3 Å². The molecule has 0 spiro atoms. The Morgan fingerprint density at radius 2 is 1.79 bits per heavy atom. The predicted molar refractivity (Wildman–Crippen MR) is 241 cm³/mol. The highest BCUT2D eigenvalue weighted by atomic mass is 35.5. The van der Waals surface area contributed by atoms with Gasteiger partial charge in [0.25, 0.3) is 21.6 Å². The number of nitrogens with one attached hydrogen (secondary N) is 3. The maximum atomic E-state index is 14.0. The third kappa shape index (κ3) is 8.87. The first-order valence-electron chi connectivity index (χ1n) is 21.3. The van der Waals surface area contributed by atoms with Gasteiger partial charge in [0, 0.05) is 79.1 Å². The number of aliphatic hydroxyl groups is 2. The molecule has 2 bridgehead atoms. The maximum Gasteiger partial charge on any atom is 0.293 e. The number of allylic oxidation sites excluding steroid dienone is 1. The highest BCUT2D eigenvalue weighted by Gasteiger charge is 2.52. The van der Waals surface area contributed by atoms with Gasteiger partial charge < -0.3 is 30.2 Å². The second-order valence-corrected chi connectivity index (χ2v) is 20.2. The molecule has 1 amide bonds. The largest absolute Gasteiger partial charge is 0.455 e. The Hall–Kier alpha value is -5.52. The number of pyridine rings is 1. The predicted octanol–water partition coefficient (Wildman–Crippen LogP) is 7.36. The SMILES string of the molecule is CC1(C)CCC(CN2CCN(c3ccc(C(=O)NS(=O)(=O)c4ccc(NC5C[C@H]6C[C@@H]5[C@@H](O)[C@@H]6O)c([N+](=O)[O-])c4)c(Oc4cnc5[nH]ccc5c4)c3)CC2)=C(c2ccc(Cl)cc2)C1. The van der Waals surface area contributed by atoms with Crippen molar-refractivity contribution in [1.82, 2.24) is 19.6 Å². The highest BCUT2D eigenvalue weighted by molar-refractivity contribution is 7.90. The Bertz CT molecular complexity index is 2710. The molecule has 2 saturated carbocycles. The molecule has 5 atom stereocenters. The van der Waals surface area contributed by atoms with Crippen LogP contribution in [-0.2, 0) is 10.0 Å². The zero-order valence-corrected chi connectivity index (χ0v) is 36.5. The van der Waals surface area contributed by atoms with Crippen molar-refractivity contribution >= 4 is 61.2 Å². The van der Waals surface area contributed by atoms with E-state index in [1.54, 1.807) is 24.4 Å². The summed E-state index contributed by atoms with van der Waals surface area (Å²) in [5.74, 6) is -0.984. The van der Waals surface area contributed by atoms with Crippen molar-refractivity contribution in [3.63, 3.8) is 0 Å². The van der Waals surface area contributed by atoms with Crippen LogP contribution < -0.4 is 19.7 Å². The average Bonchev–Trinajstić information content (AvgIpc) is 3.97. The number of aliphatic hydroxyl groups excluding tert-OH is 2. The van der Waals surface area contributed by atoms with E-state index >= 15 is 0 Å². The maximum absolute atomic E-state index is 14.0. The van der Waals surface area contributed by atoms with Gasteiger partial charge in [-0.15, -0.1) is 0 Å². The lowest BCUT2D eigenvalue weighted by atomic mass is 9.72. The third-order valence-corrected chi connectivity index (χ3v) is 14.9. The number of hydrogen-bond acceptors (Lipinski definition) is 12. The fraction of sp³-hybridized carbons (Fsp3) is 0.391. The van der Waals surface area contributed by atoms with Gasteiger partial charge in [0.05, 0.1) is 33.8 Å². The summed E-state index contributed by atoms with van der Waals surface area (Å²) < 4.78 is 35.9. The highest BCUT2D eigenvalue weighted by Crippen LogP contribution is 2.47. The van der Waals surface area contributed by atoms with Gasteiger partial charge in [0.15, 0.2) is 0 Å². The lowest BCUT2D eigenvalue weighted by molar-refractivity contribution is -0.384. The molecular weight excluding hydrogens is 846 g/mol. The first kappa shape index (κ1) is 42.8. The van der Waals surface area contributed by atoms with Crippen LogP contribution in [0.25, 0.3) is 16.6 Å². The zero-order valence-electron chi connectivity index (χ0n) is 35.0. The van der Waals surface area contributed by atoms with E-state index < -0.39 is 43.6 Å². The molecule has 3 heterocycles. The summed E-state index contributed by atoms with van der Waals surface area (Å²) in [5.41, 5.74) is 5.22. The molecule has 17 heteroatoms. The first-order chi connectivity index (χ1) is 30.1. The lowest BCUT2D eigenvalue weighted by Crippen LogP contribution is -2.47. The molecule has 0 radical (unpaired) electrons. The molecule has 3 fully saturated rings. The number of nitro benzene ring substituents is 1. The Labute approximate surface area is 370 Å². The standard InChI is InChI=1S/C46H50ClN7O8S/c1-46(2)13-11-29(37(24-46)27-3-5-31(47)6-4-27)26-52-15-17-53(18-16-52)32-7-9-35(41(22-32)62-33-19-28-12-14-48-44(28)49-25-33)45(57)51-63(60,61)34-8-10-38(40(23-34)54(58)59)50-39-21-30-20-36(39)43(56)42(30)55/h3-10,12,14,19,22-23,25,30,36,39,42-43,50,55-56H,11,13,15-18,20-21,24,26H2,1-2H3,(H,48,49)(H,51,57)/t30-,36+,39?,42-,43-/m1/s1. The van der Waals surface area contributed by atoms with Crippen LogP contribution in [0, 0.1) is 27.4 Å². The Morgan fingerprint density at radius 1 is 1.02 bits per heavy atom. The van der Waals surface area contributed by atoms with Crippen LogP contribution >= 0.6 is 11.6 Å². The van der Waals surface area contributed by atoms with Crippen LogP contribution in [0.4, 0.5) is 17.1 Å². The fourth-order valence-corrected chi connectivity index (χ4v) is 10.9. The molecule has 330 valence electrons. The van der Waals surface area contributed by atoms with Crippen molar-refractivity contribution in [2.75, 3.05) is 42.9 Å². The van der Waals surface area contributed by atoms with Crippen LogP contribution in [0.5, 0.6) is 11.5 Å². The Morgan fingerprint density at radius 3 is 2.52 bits per heavy atom. The number of hydrogen-bond donors (Lipinski definition) is 5. The number of nitrogens with zero attached hydrogens (tertiary/aromatic N) is 4. The van der Waals surface area contributed by atoms with Gasteiger partial charge in [0.2, 0.25) is 0 Å². The monoisotopic (exact) mass is 895 g/mol. The van der Waals surface area contributed by atoms with Gasteiger partial charge >= 0.3 is 0 Å². The molecule has 1 unspecified atom stereocenters. The van der Waals surface area contributed by atoms with E-state index in [0.29, 0.717) is 37.3 Å². The minimum atomic E-state index is -4.62. The number of rotatable bonds is 12. The van der Waals surface area contributed by atoms with Gasteiger partial charge in [-0.1, -0.05) is 43.2 Å². The molecule has 15 nitrogen and oxygen atoms in total. The quantitative estimate of drug-likeness (QED) is 0.0616. The van der Waals surface area contributed by atoms with E-state index in [-0.39, 0.29) is 40.3 Å². The molecule has 3 aliphatic carbocycles. The van der Waals surface area contributed by atoms with Crippen LogP contribution in [-0.4, -0.2) is 95.3 Å². The van der Waals surface area contributed by atoms with E-state index in [2.05, 4.69) is 55.8 Å². The van der Waals surface area contributed by atoms with Crippen molar-refractivity contribution in [2.24, 2.45) is 17.3 Å². The summed E-state index contributed by atoms with van der Waals surface area (Å²) in [6.07, 6.45) is 5.72. The molecule has 4 aliphatic rings. The number of amides is 1. The number of anilines is 2. The molecule has 3 aromatic carbocycles. The van der Waals surface area contributed by atoms with Crippen molar-refractivity contribution in [1.29, 1.82) is 0 Å². The van der Waals surface area contributed by atoms with Crippen molar-refractivity contribution < 1.29 is 33.1 Å². The smallest absolute Gasteiger partial charge is 0.293 e. The number of nitro groups is 1. The molecule has 1 saturated heterocycles. The molecule has 5 N–H and O–H groups in total. The number of aromatic amines is 1. The van der Waals surface area contributed by atoms with Crippen LogP contribution in [0.2, 0.25) is 5.02 Å². The Kier molecular flexibility index (Phi) is 11.5. The number of piperazine rings is 1. The number of carbonyl (C=O) groups is 1. The molecule has 5 aromatic rings. The van der Waals surface area contributed by atoms with Crippen molar-refractivity contribution in [3.8, 4) is 11.5 Å². The van der Waals surface area contributed by atoms with Crippen molar-refractivity contribution in [3.05, 3.63) is 117 Å². The second kappa shape index (κ2) is 16.9. The van der Waals surface area contributed by atoms with Crippen LogP contribution in [0.1, 0.15) is 61.9 Å². The number of benzene rings is 3. The molecule has 9 rings (SSSR count). The van der Waals surface area contributed by atoms with Crippen molar-refractivity contribution in [2.45, 2.75) is 69.1 Å². The number of aromatic nitrogens is 2. The topological polar surface area (TPSA) is 203 Å². The van der Waals surface area contributed by atoms with E-state index in [0.717, 1.165) is 61.1 Å². The summed E-state index contributed by atoms with van der Waals surface area (Å²) >= 11 is 6.24. The van der Waals surface area contributed by atoms with Gasteiger partial charge in [-0.3, -0.25) is 19.8 Å². The number of fused-ring (bicyclic) bond motifs is 3. The normalized spacial score (nSPS) is 23.6. The minimum absolute atomic E-state index is 0.0677. The average molecular weight is 896 g/mol.